The van der Waals surface area contributed by atoms with Crippen LogP contribution in [0.3, 0.4) is 0 Å². The quantitative estimate of drug-likeness (QED) is 0.658. The number of nitrogens with one attached hydrogen (secondary N) is 1. The number of hydrogen-bond donors (Lipinski definition) is 1. The zero-order valence-corrected chi connectivity index (χ0v) is 18.8. The Morgan fingerprint density at radius 3 is 1.72 bits per heavy atom. The van der Waals surface area contributed by atoms with Crippen LogP contribution in [0, 0.1) is 13.8 Å². The molecule has 2 aromatic carbocycles. The van der Waals surface area contributed by atoms with Gasteiger partial charge in [-0.15, -0.1) is 0 Å². The first-order chi connectivity index (χ1) is 13.4. The molecule has 0 fully saturated rings. The second kappa shape index (κ2) is 9.30. The molecule has 29 heavy (non-hydrogen) atoms. The molecule has 0 saturated heterocycles. The van der Waals surface area contributed by atoms with Gasteiger partial charge in [-0.1, -0.05) is 58.6 Å². The maximum absolute atomic E-state index is 12.7. The minimum atomic E-state index is -4.19. The number of halogens is 2. The number of benzene rings is 2. The van der Waals surface area contributed by atoms with Gasteiger partial charge in [-0.25, -0.2) is 16.8 Å². The third kappa shape index (κ3) is 6.05. The van der Waals surface area contributed by atoms with Crippen molar-refractivity contribution in [3.8, 4) is 0 Å². The van der Waals surface area contributed by atoms with Crippen LogP contribution >= 0.6 is 23.2 Å². The third-order valence-electron chi connectivity index (χ3n) is 4.00. The summed E-state index contributed by atoms with van der Waals surface area (Å²) in [5, 5.41) is 1.44. The largest absolute Gasteiger partial charge is 0.314 e. The summed E-state index contributed by atoms with van der Waals surface area (Å²) in [7, 11) is -7.90. The zero-order valence-electron chi connectivity index (χ0n) is 15.6. The molecule has 6 nitrogen and oxygen atoms in total. The molecule has 0 aliphatic heterocycles. The Hall–Kier alpha value is -1.87. The molecule has 0 spiro atoms. The SMILES string of the molecule is Cc1ccc(S(=O)(=O)CCC(=O)NC(=C(Cl)Cl)S(=O)(=O)c2ccc(C)cc2)cc1. The Morgan fingerprint density at radius 1 is 0.828 bits per heavy atom. The van der Waals surface area contributed by atoms with E-state index in [2.05, 4.69) is 5.32 Å². The molecule has 0 bridgehead atoms. The van der Waals surface area contributed by atoms with E-state index in [-0.39, 0.29) is 9.79 Å². The predicted octanol–water partition coefficient (Wildman–Crippen LogP) is 3.66. The molecule has 1 amide bonds. The summed E-state index contributed by atoms with van der Waals surface area (Å²) in [4.78, 5) is 12.2. The van der Waals surface area contributed by atoms with Gasteiger partial charge in [0.05, 0.1) is 15.5 Å². The lowest BCUT2D eigenvalue weighted by Gasteiger charge is -2.12. The normalized spacial score (nSPS) is 11.7. The highest BCUT2D eigenvalue weighted by atomic mass is 35.5. The number of aryl methyl sites for hydroxylation is 2. The van der Waals surface area contributed by atoms with Crippen molar-refractivity contribution in [2.24, 2.45) is 0 Å². The summed E-state index contributed by atoms with van der Waals surface area (Å²) in [6.07, 6.45) is -0.468. The summed E-state index contributed by atoms with van der Waals surface area (Å²) in [6, 6.07) is 12.1. The maximum Gasteiger partial charge on any atom is 0.226 e. The van der Waals surface area contributed by atoms with E-state index >= 15 is 0 Å². The van der Waals surface area contributed by atoms with Crippen molar-refractivity contribution < 1.29 is 21.6 Å². The van der Waals surface area contributed by atoms with Gasteiger partial charge in [0.1, 0.15) is 4.49 Å². The highest BCUT2D eigenvalue weighted by molar-refractivity contribution is 7.95. The van der Waals surface area contributed by atoms with Crippen LogP contribution in [-0.4, -0.2) is 28.5 Å². The Bertz CT molecular complexity index is 1130. The van der Waals surface area contributed by atoms with Crippen LogP contribution in [0.5, 0.6) is 0 Å². The number of hydrogen-bond acceptors (Lipinski definition) is 5. The topological polar surface area (TPSA) is 97.4 Å². The lowest BCUT2D eigenvalue weighted by molar-refractivity contribution is -0.119. The van der Waals surface area contributed by atoms with Crippen LogP contribution in [0.25, 0.3) is 0 Å². The molecule has 0 heterocycles. The monoisotopic (exact) mass is 475 g/mol. The Kier molecular flexibility index (Phi) is 7.50. The molecule has 0 atom stereocenters. The van der Waals surface area contributed by atoms with Gasteiger partial charge in [-0.3, -0.25) is 4.79 Å². The summed E-state index contributed by atoms with van der Waals surface area (Å²) < 4.78 is 49.5. The Balaban J connectivity index is 2.15. The fraction of sp³-hybridized carbons (Fsp3) is 0.211. The van der Waals surface area contributed by atoms with Crippen LogP contribution in [0.4, 0.5) is 0 Å². The van der Waals surface area contributed by atoms with Crippen LogP contribution in [-0.2, 0) is 24.5 Å². The van der Waals surface area contributed by atoms with Crippen molar-refractivity contribution in [3.05, 3.63) is 69.2 Å². The molecule has 156 valence electrons. The van der Waals surface area contributed by atoms with Gasteiger partial charge in [0.25, 0.3) is 0 Å². The number of carbonyl (C=O) groups is 1. The summed E-state index contributed by atoms with van der Waals surface area (Å²) in [5.74, 6) is -1.34. The highest BCUT2D eigenvalue weighted by Gasteiger charge is 2.26. The van der Waals surface area contributed by atoms with E-state index in [1.165, 1.54) is 24.3 Å². The van der Waals surface area contributed by atoms with Gasteiger partial charge in [-0.05, 0) is 38.1 Å². The minimum Gasteiger partial charge on any atom is -0.314 e. The summed E-state index contributed by atoms with van der Waals surface area (Å²) >= 11 is 11.4. The van der Waals surface area contributed by atoms with Gasteiger partial charge in [0.2, 0.25) is 15.7 Å². The number of rotatable bonds is 7. The molecule has 1 N–H and O–H groups in total. The lowest BCUT2D eigenvalue weighted by atomic mass is 10.2. The average molecular weight is 476 g/mol. The third-order valence-corrected chi connectivity index (χ3v) is 8.07. The standard InChI is InChI=1S/C19H19Cl2NO5S2/c1-13-3-7-15(8-4-13)28(24,25)12-11-17(23)22-19(18(20)21)29(26,27)16-9-5-14(2)6-10-16/h3-10H,11-12H2,1-2H3,(H,22,23). The van der Waals surface area contributed by atoms with Gasteiger partial charge in [0, 0.05) is 6.42 Å². The molecule has 10 heteroatoms. The Labute approximate surface area is 180 Å². The van der Waals surface area contributed by atoms with E-state index < -0.39 is 47.3 Å². The van der Waals surface area contributed by atoms with Crippen molar-refractivity contribution in [3.63, 3.8) is 0 Å². The molecule has 0 aromatic heterocycles. The lowest BCUT2D eigenvalue weighted by Crippen LogP contribution is -2.29. The smallest absolute Gasteiger partial charge is 0.226 e. The first-order valence-corrected chi connectivity index (χ1v) is 12.3. The average Bonchev–Trinajstić information content (AvgIpc) is 2.65. The van der Waals surface area contributed by atoms with Crippen molar-refractivity contribution in [1.29, 1.82) is 0 Å². The predicted molar refractivity (Wildman–Crippen MR) is 113 cm³/mol. The highest BCUT2D eigenvalue weighted by Crippen LogP contribution is 2.25. The number of carbonyl (C=O) groups excluding carboxylic acids is 1. The molecule has 2 aromatic rings. The van der Waals surface area contributed by atoms with E-state index in [1.807, 2.05) is 6.92 Å². The molecular weight excluding hydrogens is 457 g/mol. The fourth-order valence-corrected chi connectivity index (χ4v) is 5.46. The van der Waals surface area contributed by atoms with E-state index in [0.29, 0.717) is 0 Å². The van der Waals surface area contributed by atoms with Gasteiger partial charge in [0.15, 0.2) is 14.9 Å². The molecule has 0 saturated carbocycles. The van der Waals surface area contributed by atoms with E-state index in [0.717, 1.165) is 11.1 Å². The second-order valence-electron chi connectivity index (χ2n) is 6.34. The number of amides is 1. The van der Waals surface area contributed by atoms with Crippen molar-refractivity contribution in [2.45, 2.75) is 30.1 Å². The fourth-order valence-electron chi connectivity index (χ4n) is 2.33. The minimum absolute atomic E-state index is 0.0781. The van der Waals surface area contributed by atoms with Gasteiger partial charge >= 0.3 is 0 Å². The number of sulfone groups is 2. The van der Waals surface area contributed by atoms with E-state index in [1.54, 1.807) is 31.2 Å². The summed E-state index contributed by atoms with van der Waals surface area (Å²) in [5.41, 5.74) is 1.74. The van der Waals surface area contributed by atoms with E-state index in [9.17, 15) is 21.6 Å². The summed E-state index contributed by atoms with van der Waals surface area (Å²) in [6.45, 7) is 3.61. The Morgan fingerprint density at radius 2 is 1.28 bits per heavy atom. The van der Waals surface area contributed by atoms with Crippen molar-refractivity contribution >= 4 is 48.8 Å². The van der Waals surface area contributed by atoms with Crippen molar-refractivity contribution in [1.82, 2.24) is 5.32 Å². The second-order valence-corrected chi connectivity index (χ2v) is 11.3. The molecule has 0 unspecified atom stereocenters. The van der Waals surface area contributed by atoms with Gasteiger partial charge in [-0.2, -0.15) is 0 Å². The molecular formula is C19H19Cl2NO5S2. The molecule has 0 aliphatic carbocycles. The molecule has 0 aliphatic rings. The van der Waals surface area contributed by atoms with Crippen LogP contribution in [0.2, 0.25) is 0 Å². The molecule has 2 rings (SSSR count). The maximum atomic E-state index is 12.7. The zero-order chi connectivity index (χ0) is 21.8. The van der Waals surface area contributed by atoms with Crippen molar-refractivity contribution in [2.75, 3.05) is 5.75 Å². The van der Waals surface area contributed by atoms with Gasteiger partial charge < -0.3 is 5.32 Å². The van der Waals surface area contributed by atoms with E-state index in [4.69, 9.17) is 23.2 Å². The first kappa shape index (κ1) is 23.4. The first-order valence-electron chi connectivity index (χ1n) is 8.40. The van der Waals surface area contributed by atoms with Crippen LogP contribution < -0.4 is 5.32 Å². The molecule has 0 radical (unpaired) electrons. The van der Waals surface area contributed by atoms with Crippen LogP contribution in [0.15, 0.2) is 67.8 Å². The van der Waals surface area contributed by atoms with Crippen LogP contribution in [0.1, 0.15) is 17.5 Å².